The number of nitrogens with two attached hydrogens (primary N) is 1. The molecule has 0 radical (unpaired) electrons. The quantitative estimate of drug-likeness (QED) is 0.843. The summed E-state index contributed by atoms with van der Waals surface area (Å²) in [5.74, 6) is 1.98. The second kappa shape index (κ2) is 6.16. The first kappa shape index (κ1) is 12.6. The van der Waals surface area contributed by atoms with Crippen LogP contribution in [0, 0.1) is 6.92 Å². The van der Waals surface area contributed by atoms with Gasteiger partial charge < -0.3 is 15.0 Å². The lowest BCUT2D eigenvalue weighted by Crippen LogP contribution is -2.01. The van der Waals surface area contributed by atoms with E-state index in [4.69, 9.17) is 15.0 Å². The summed E-state index contributed by atoms with van der Waals surface area (Å²) >= 11 is 0. The van der Waals surface area contributed by atoms with Crippen LogP contribution in [-0.2, 0) is 13.0 Å². The van der Waals surface area contributed by atoms with Gasteiger partial charge in [-0.2, -0.15) is 4.98 Å². The highest BCUT2D eigenvalue weighted by Gasteiger charge is 2.06. The van der Waals surface area contributed by atoms with Crippen molar-refractivity contribution in [2.45, 2.75) is 26.4 Å². The molecule has 0 bridgehead atoms. The SMILES string of the molecule is Cc1cccc(OCc2noc(CCCN)n2)c1. The van der Waals surface area contributed by atoms with Gasteiger partial charge in [-0.15, -0.1) is 0 Å². The maximum absolute atomic E-state index is 5.58. The Bertz CT molecular complexity index is 496. The predicted octanol–water partition coefficient (Wildman–Crippen LogP) is 1.85. The molecule has 5 nitrogen and oxygen atoms in total. The van der Waals surface area contributed by atoms with Crippen LogP contribution in [0.4, 0.5) is 0 Å². The number of nitrogens with zero attached hydrogens (tertiary/aromatic N) is 2. The van der Waals surface area contributed by atoms with E-state index in [0.717, 1.165) is 17.7 Å². The van der Waals surface area contributed by atoms with Crippen LogP contribution in [0.2, 0.25) is 0 Å². The summed E-state index contributed by atoms with van der Waals surface area (Å²) in [4.78, 5) is 4.23. The van der Waals surface area contributed by atoms with Crippen LogP contribution in [0.25, 0.3) is 0 Å². The normalized spacial score (nSPS) is 10.6. The number of rotatable bonds is 6. The first-order chi connectivity index (χ1) is 8.78. The number of ether oxygens (including phenoxy) is 1. The number of hydrogen-bond donors (Lipinski definition) is 1. The molecule has 1 aromatic carbocycles. The van der Waals surface area contributed by atoms with Crippen molar-refractivity contribution >= 4 is 0 Å². The molecule has 1 heterocycles. The van der Waals surface area contributed by atoms with E-state index in [0.29, 0.717) is 31.3 Å². The summed E-state index contributed by atoms with van der Waals surface area (Å²) in [5.41, 5.74) is 6.57. The van der Waals surface area contributed by atoms with Gasteiger partial charge in [-0.25, -0.2) is 0 Å². The molecule has 0 spiro atoms. The summed E-state index contributed by atoms with van der Waals surface area (Å²) < 4.78 is 10.7. The molecule has 0 aliphatic rings. The molecule has 0 aliphatic carbocycles. The van der Waals surface area contributed by atoms with Crippen LogP contribution >= 0.6 is 0 Å². The Labute approximate surface area is 106 Å². The van der Waals surface area contributed by atoms with Crippen LogP contribution in [0.15, 0.2) is 28.8 Å². The summed E-state index contributed by atoms with van der Waals surface area (Å²) in [6.45, 7) is 2.96. The van der Waals surface area contributed by atoms with Crippen molar-refractivity contribution in [3.63, 3.8) is 0 Å². The van der Waals surface area contributed by atoms with Gasteiger partial charge in [0.25, 0.3) is 0 Å². The van der Waals surface area contributed by atoms with Gasteiger partial charge in [-0.05, 0) is 37.6 Å². The fourth-order valence-electron chi connectivity index (χ4n) is 1.56. The van der Waals surface area contributed by atoms with Crippen LogP contribution in [0.3, 0.4) is 0 Å². The zero-order valence-electron chi connectivity index (χ0n) is 10.4. The molecule has 18 heavy (non-hydrogen) atoms. The first-order valence-corrected chi connectivity index (χ1v) is 5.99. The monoisotopic (exact) mass is 247 g/mol. The number of benzene rings is 1. The minimum Gasteiger partial charge on any atom is -0.485 e. The number of aryl methyl sites for hydroxylation is 2. The lowest BCUT2D eigenvalue weighted by Gasteiger charge is -2.03. The molecule has 0 unspecified atom stereocenters. The van der Waals surface area contributed by atoms with Gasteiger partial charge in [0.2, 0.25) is 11.7 Å². The minimum atomic E-state index is 0.315. The van der Waals surface area contributed by atoms with Gasteiger partial charge in [0.05, 0.1) is 0 Å². The maximum atomic E-state index is 5.58. The van der Waals surface area contributed by atoms with E-state index < -0.39 is 0 Å². The Balaban J connectivity index is 1.88. The molecular formula is C13H17N3O2. The predicted molar refractivity (Wildman–Crippen MR) is 67.2 cm³/mol. The first-order valence-electron chi connectivity index (χ1n) is 5.99. The molecule has 5 heteroatoms. The third kappa shape index (κ3) is 3.56. The van der Waals surface area contributed by atoms with Crippen LogP contribution in [0.1, 0.15) is 23.7 Å². The minimum absolute atomic E-state index is 0.315. The molecule has 0 atom stereocenters. The van der Waals surface area contributed by atoms with Crippen LogP contribution in [-0.4, -0.2) is 16.7 Å². The molecule has 2 aromatic rings. The Morgan fingerprint density at radius 1 is 1.39 bits per heavy atom. The molecule has 96 valence electrons. The molecule has 0 aliphatic heterocycles. The molecule has 0 fully saturated rings. The second-order valence-corrected chi connectivity index (χ2v) is 4.10. The van der Waals surface area contributed by atoms with Crippen molar-refractivity contribution in [1.29, 1.82) is 0 Å². The van der Waals surface area contributed by atoms with E-state index in [1.54, 1.807) is 0 Å². The Morgan fingerprint density at radius 2 is 2.28 bits per heavy atom. The number of hydrogen-bond acceptors (Lipinski definition) is 5. The van der Waals surface area contributed by atoms with E-state index in [-0.39, 0.29) is 0 Å². The van der Waals surface area contributed by atoms with Gasteiger partial charge in [0.1, 0.15) is 5.75 Å². The largest absolute Gasteiger partial charge is 0.485 e. The third-order valence-corrected chi connectivity index (χ3v) is 2.46. The average molecular weight is 247 g/mol. The fourth-order valence-corrected chi connectivity index (χ4v) is 1.56. The van der Waals surface area contributed by atoms with Gasteiger partial charge in [-0.1, -0.05) is 17.3 Å². The van der Waals surface area contributed by atoms with Crippen molar-refractivity contribution < 1.29 is 9.26 Å². The van der Waals surface area contributed by atoms with Crippen molar-refractivity contribution in [1.82, 2.24) is 10.1 Å². The lowest BCUT2D eigenvalue weighted by atomic mass is 10.2. The third-order valence-electron chi connectivity index (χ3n) is 2.46. The zero-order valence-corrected chi connectivity index (χ0v) is 10.4. The zero-order chi connectivity index (χ0) is 12.8. The highest BCUT2D eigenvalue weighted by atomic mass is 16.5. The highest BCUT2D eigenvalue weighted by molar-refractivity contribution is 5.27. The molecule has 0 saturated carbocycles. The number of aromatic nitrogens is 2. The standard InChI is InChI=1S/C13H17N3O2/c1-10-4-2-5-11(8-10)17-9-12-15-13(18-16-12)6-3-7-14/h2,4-5,8H,3,6-7,9,14H2,1H3. The van der Waals surface area contributed by atoms with Crippen LogP contribution in [0.5, 0.6) is 5.75 Å². The summed E-state index contributed by atoms with van der Waals surface area (Å²) in [6.07, 6.45) is 1.56. The van der Waals surface area contributed by atoms with E-state index >= 15 is 0 Å². The van der Waals surface area contributed by atoms with E-state index in [1.165, 1.54) is 0 Å². The van der Waals surface area contributed by atoms with Crippen LogP contribution < -0.4 is 10.5 Å². The molecule has 1 aromatic heterocycles. The highest BCUT2D eigenvalue weighted by Crippen LogP contribution is 2.13. The molecule has 2 rings (SSSR count). The van der Waals surface area contributed by atoms with Crippen molar-refractivity contribution in [3.8, 4) is 5.75 Å². The summed E-state index contributed by atoms with van der Waals surface area (Å²) in [7, 11) is 0. The van der Waals surface area contributed by atoms with Gasteiger partial charge in [-0.3, -0.25) is 0 Å². The van der Waals surface area contributed by atoms with Gasteiger partial charge in [0.15, 0.2) is 6.61 Å². The molecule has 0 saturated heterocycles. The lowest BCUT2D eigenvalue weighted by molar-refractivity contribution is 0.285. The molecule has 2 N–H and O–H groups in total. The smallest absolute Gasteiger partial charge is 0.226 e. The van der Waals surface area contributed by atoms with Crippen molar-refractivity contribution in [2.75, 3.05) is 6.54 Å². The Kier molecular flexibility index (Phi) is 4.30. The summed E-state index contributed by atoms with van der Waals surface area (Å²) in [5, 5.41) is 3.85. The fraction of sp³-hybridized carbons (Fsp3) is 0.385. The second-order valence-electron chi connectivity index (χ2n) is 4.10. The molecule has 0 amide bonds. The Morgan fingerprint density at radius 3 is 3.06 bits per heavy atom. The van der Waals surface area contributed by atoms with Gasteiger partial charge in [0, 0.05) is 6.42 Å². The van der Waals surface area contributed by atoms with Crippen molar-refractivity contribution in [3.05, 3.63) is 41.5 Å². The average Bonchev–Trinajstić information content (AvgIpc) is 2.82. The van der Waals surface area contributed by atoms with Gasteiger partial charge >= 0.3 is 0 Å². The van der Waals surface area contributed by atoms with E-state index in [2.05, 4.69) is 10.1 Å². The van der Waals surface area contributed by atoms with E-state index in [9.17, 15) is 0 Å². The topological polar surface area (TPSA) is 74.2 Å². The summed E-state index contributed by atoms with van der Waals surface area (Å²) in [6, 6.07) is 7.84. The molecular weight excluding hydrogens is 230 g/mol. The van der Waals surface area contributed by atoms with Crippen molar-refractivity contribution in [2.24, 2.45) is 5.73 Å². The maximum Gasteiger partial charge on any atom is 0.226 e. The van der Waals surface area contributed by atoms with E-state index in [1.807, 2.05) is 31.2 Å². The Hall–Kier alpha value is -1.88.